The average Bonchev–Trinajstić information content (AvgIpc) is 2.91. The van der Waals surface area contributed by atoms with E-state index in [2.05, 4.69) is 33.9 Å². The highest BCUT2D eigenvalue weighted by Crippen LogP contribution is 2.42. The van der Waals surface area contributed by atoms with Gasteiger partial charge in [0.1, 0.15) is 11.6 Å². The predicted molar refractivity (Wildman–Crippen MR) is 77.8 cm³/mol. The second-order valence-corrected chi connectivity index (χ2v) is 6.63. The largest absolute Gasteiger partial charge is 0.317 e. The summed E-state index contributed by atoms with van der Waals surface area (Å²) >= 11 is 0. The van der Waals surface area contributed by atoms with Crippen LogP contribution in [-0.2, 0) is 13.6 Å². The SMILES string of the molecule is Cc1nnc(CNCC2(CC(C)C)CCCC2)n1C. The van der Waals surface area contributed by atoms with Gasteiger partial charge < -0.3 is 9.88 Å². The summed E-state index contributed by atoms with van der Waals surface area (Å²) in [5.74, 6) is 2.81. The zero-order valence-electron chi connectivity index (χ0n) is 12.9. The van der Waals surface area contributed by atoms with E-state index in [4.69, 9.17) is 0 Å². The van der Waals surface area contributed by atoms with Gasteiger partial charge >= 0.3 is 0 Å². The second kappa shape index (κ2) is 6.04. The van der Waals surface area contributed by atoms with Crippen LogP contribution in [0.3, 0.4) is 0 Å². The third kappa shape index (κ3) is 3.56. The van der Waals surface area contributed by atoms with Crippen LogP contribution >= 0.6 is 0 Å². The molecule has 1 fully saturated rings. The molecule has 4 heteroatoms. The van der Waals surface area contributed by atoms with Crippen LogP contribution in [0, 0.1) is 18.3 Å². The van der Waals surface area contributed by atoms with Gasteiger partial charge in [-0.2, -0.15) is 0 Å². The van der Waals surface area contributed by atoms with Crippen LogP contribution in [0.2, 0.25) is 0 Å². The lowest BCUT2D eigenvalue weighted by atomic mass is 9.78. The summed E-state index contributed by atoms with van der Waals surface area (Å²) in [5.41, 5.74) is 0.530. The molecule has 1 aromatic rings. The standard InChI is InChI=1S/C15H28N4/c1-12(2)9-15(7-5-6-8-15)11-16-10-14-18-17-13(3)19(14)4/h12,16H,5-11H2,1-4H3. The first kappa shape index (κ1) is 14.5. The number of aromatic nitrogens is 3. The Morgan fingerprint density at radius 3 is 2.47 bits per heavy atom. The smallest absolute Gasteiger partial charge is 0.146 e. The first-order valence-corrected chi connectivity index (χ1v) is 7.58. The Balaban J connectivity index is 1.87. The van der Waals surface area contributed by atoms with Crippen molar-refractivity contribution in [3.63, 3.8) is 0 Å². The molecule has 1 heterocycles. The quantitative estimate of drug-likeness (QED) is 0.859. The van der Waals surface area contributed by atoms with Crippen molar-refractivity contribution in [2.75, 3.05) is 6.54 Å². The number of aryl methyl sites for hydroxylation is 1. The third-order valence-corrected chi connectivity index (χ3v) is 4.47. The van der Waals surface area contributed by atoms with E-state index in [0.29, 0.717) is 5.41 Å². The van der Waals surface area contributed by atoms with Gasteiger partial charge in [-0.15, -0.1) is 10.2 Å². The Morgan fingerprint density at radius 2 is 1.95 bits per heavy atom. The zero-order valence-corrected chi connectivity index (χ0v) is 12.9. The third-order valence-electron chi connectivity index (χ3n) is 4.47. The highest BCUT2D eigenvalue weighted by molar-refractivity contribution is 4.93. The minimum Gasteiger partial charge on any atom is -0.317 e. The minimum absolute atomic E-state index is 0.530. The first-order valence-electron chi connectivity index (χ1n) is 7.58. The fourth-order valence-electron chi connectivity index (χ4n) is 3.49. The molecular weight excluding hydrogens is 236 g/mol. The molecule has 1 aliphatic rings. The van der Waals surface area contributed by atoms with Crippen LogP contribution in [0.5, 0.6) is 0 Å². The minimum atomic E-state index is 0.530. The summed E-state index contributed by atoms with van der Waals surface area (Å²) in [6.07, 6.45) is 6.92. The Kier molecular flexibility index (Phi) is 4.61. The normalized spacial score (nSPS) is 18.4. The highest BCUT2D eigenvalue weighted by atomic mass is 15.3. The Hall–Kier alpha value is -0.900. The Labute approximate surface area is 117 Å². The summed E-state index contributed by atoms with van der Waals surface area (Å²) in [6, 6.07) is 0. The Morgan fingerprint density at radius 1 is 1.26 bits per heavy atom. The zero-order chi connectivity index (χ0) is 13.9. The van der Waals surface area contributed by atoms with Gasteiger partial charge in [0.15, 0.2) is 0 Å². The summed E-state index contributed by atoms with van der Waals surface area (Å²) < 4.78 is 2.07. The molecule has 1 aliphatic carbocycles. The van der Waals surface area contributed by atoms with E-state index in [0.717, 1.165) is 30.7 Å². The Bertz CT molecular complexity index is 402. The first-order chi connectivity index (χ1) is 9.02. The molecule has 0 aliphatic heterocycles. The van der Waals surface area contributed by atoms with Crippen LogP contribution in [0.4, 0.5) is 0 Å². The van der Waals surface area contributed by atoms with Gasteiger partial charge in [-0.1, -0.05) is 26.7 Å². The van der Waals surface area contributed by atoms with E-state index < -0.39 is 0 Å². The van der Waals surface area contributed by atoms with Gasteiger partial charge in [-0.05, 0) is 37.5 Å². The van der Waals surface area contributed by atoms with Crippen molar-refractivity contribution in [2.45, 2.75) is 59.4 Å². The van der Waals surface area contributed by atoms with Crippen molar-refractivity contribution >= 4 is 0 Å². The summed E-state index contributed by atoms with van der Waals surface area (Å²) in [5, 5.41) is 11.9. The van der Waals surface area contributed by atoms with Crippen molar-refractivity contribution in [1.82, 2.24) is 20.1 Å². The van der Waals surface area contributed by atoms with Gasteiger partial charge in [0.25, 0.3) is 0 Å². The van der Waals surface area contributed by atoms with E-state index in [9.17, 15) is 0 Å². The molecule has 0 unspecified atom stereocenters. The summed E-state index contributed by atoms with van der Waals surface area (Å²) in [4.78, 5) is 0. The lowest BCUT2D eigenvalue weighted by Gasteiger charge is -2.31. The van der Waals surface area contributed by atoms with Crippen LogP contribution in [-0.4, -0.2) is 21.3 Å². The van der Waals surface area contributed by atoms with Crippen molar-refractivity contribution in [3.05, 3.63) is 11.6 Å². The molecule has 1 N–H and O–H groups in total. The van der Waals surface area contributed by atoms with E-state index >= 15 is 0 Å². The van der Waals surface area contributed by atoms with Crippen molar-refractivity contribution in [3.8, 4) is 0 Å². The van der Waals surface area contributed by atoms with Gasteiger partial charge in [0.2, 0.25) is 0 Å². The number of nitrogens with one attached hydrogen (secondary N) is 1. The molecule has 0 aromatic carbocycles. The molecule has 0 spiro atoms. The molecule has 108 valence electrons. The van der Waals surface area contributed by atoms with Crippen LogP contribution in [0.25, 0.3) is 0 Å². The number of hydrogen-bond acceptors (Lipinski definition) is 3. The fraction of sp³-hybridized carbons (Fsp3) is 0.867. The van der Waals surface area contributed by atoms with Crippen molar-refractivity contribution < 1.29 is 0 Å². The molecule has 19 heavy (non-hydrogen) atoms. The molecular formula is C15H28N4. The maximum atomic E-state index is 4.21. The lowest BCUT2D eigenvalue weighted by Crippen LogP contribution is -2.33. The molecule has 0 atom stereocenters. The molecule has 1 saturated carbocycles. The molecule has 0 bridgehead atoms. The average molecular weight is 264 g/mol. The summed E-state index contributed by atoms with van der Waals surface area (Å²) in [7, 11) is 2.03. The molecule has 0 amide bonds. The number of hydrogen-bond donors (Lipinski definition) is 1. The lowest BCUT2D eigenvalue weighted by molar-refractivity contribution is 0.222. The summed E-state index contributed by atoms with van der Waals surface area (Å²) in [6.45, 7) is 8.63. The predicted octanol–water partition coefficient (Wildman–Crippen LogP) is 2.82. The fourth-order valence-corrected chi connectivity index (χ4v) is 3.49. The molecule has 0 saturated heterocycles. The van der Waals surface area contributed by atoms with Crippen molar-refractivity contribution in [2.24, 2.45) is 18.4 Å². The van der Waals surface area contributed by atoms with E-state index in [1.165, 1.54) is 32.1 Å². The van der Waals surface area contributed by atoms with Gasteiger partial charge in [0.05, 0.1) is 6.54 Å². The van der Waals surface area contributed by atoms with Crippen molar-refractivity contribution in [1.29, 1.82) is 0 Å². The molecule has 4 nitrogen and oxygen atoms in total. The van der Waals surface area contributed by atoms with E-state index in [-0.39, 0.29) is 0 Å². The second-order valence-electron chi connectivity index (χ2n) is 6.63. The number of nitrogens with zero attached hydrogens (tertiary/aromatic N) is 3. The molecule has 2 rings (SSSR count). The van der Waals surface area contributed by atoms with Gasteiger partial charge in [-0.3, -0.25) is 0 Å². The van der Waals surface area contributed by atoms with Gasteiger partial charge in [-0.25, -0.2) is 0 Å². The highest BCUT2D eigenvalue weighted by Gasteiger charge is 2.33. The molecule has 0 radical (unpaired) electrons. The van der Waals surface area contributed by atoms with Crippen LogP contribution in [0.15, 0.2) is 0 Å². The van der Waals surface area contributed by atoms with Crippen LogP contribution < -0.4 is 5.32 Å². The molecule has 1 aromatic heterocycles. The topological polar surface area (TPSA) is 42.7 Å². The van der Waals surface area contributed by atoms with E-state index in [1.54, 1.807) is 0 Å². The maximum absolute atomic E-state index is 4.21. The monoisotopic (exact) mass is 264 g/mol. The van der Waals surface area contributed by atoms with Crippen LogP contribution in [0.1, 0.15) is 57.6 Å². The van der Waals surface area contributed by atoms with E-state index in [1.807, 2.05) is 14.0 Å². The van der Waals surface area contributed by atoms with Gasteiger partial charge in [0, 0.05) is 13.6 Å². The number of rotatable bonds is 6. The maximum Gasteiger partial charge on any atom is 0.146 e.